The number of nitrogens with zero attached hydrogens (tertiary/aromatic N) is 1. The van der Waals surface area contributed by atoms with Crippen molar-refractivity contribution in [1.82, 2.24) is 4.90 Å². The fourth-order valence-electron chi connectivity index (χ4n) is 2.59. The second kappa shape index (κ2) is 6.44. The quantitative estimate of drug-likeness (QED) is 0.733. The predicted molar refractivity (Wildman–Crippen MR) is 68.9 cm³/mol. The summed E-state index contributed by atoms with van der Waals surface area (Å²) < 4.78 is 0. The van der Waals surface area contributed by atoms with Crippen LogP contribution in [0.25, 0.3) is 0 Å². The third-order valence-corrected chi connectivity index (χ3v) is 3.63. The van der Waals surface area contributed by atoms with Gasteiger partial charge in [0.15, 0.2) is 0 Å². The molecule has 1 aliphatic rings. The van der Waals surface area contributed by atoms with Gasteiger partial charge in [0.1, 0.15) is 0 Å². The first-order valence-corrected chi connectivity index (χ1v) is 6.50. The van der Waals surface area contributed by atoms with Crippen LogP contribution in [0.4, 0.5) is 0 Å². The van der Waals surface area contributed by atoms with Crippen LogP contribution >= 0.6 is 0 Å². The molecule has 0 aromatic heterocycles. The van der Waals surface area contributed by atoms with Gasteiger partial charge < -0.3 is 10.0 Å². The molecule has 4 heteroatoms. The average Bonchev–Trinajstić information content (AvgIpc) is 2.78. The van der Waals surface area contributed by atoms with Crippen LogP contribution in [0.1, 0.15) is 45.4 Å². The van der Waals surface area contributed by atoms with E-state index in [1.807, 2.05) is 6.92 Å². The Hall–Kier alpha value is -1.50. The van der Waals surface area contributed by atoms with Crippen LogP contribution in [0, 0.1) is 17.8 Å². The SMILES string of the molecule is C#CCN(CCC)C(=O)CC1(C(=O)O)CCCC1. The van der Waals surface area contributed by atoms with E-state index in [9.17, 15) is 14.7 Å². The van der Waals surface area contributed by atoms with Gasteiger partial charge in [-0.25, -0.2) is 0 Å². The van der Waals surface area contributed by atoms with Gasteiger partial charge in [0.05, 0.1) is 12.0 Å². The first kappa shape index (κ1) is 14.6. The molecule has 0 radical (unpaired) electrons. The standard InChI is InChI=1S/C14H21NO3/c1-3-9-15(10-4-2)12(16)11-14(13(17)18)7-5-6-8-14/h1H,4-11H2,2H3,(H,17,18). The van der Waals surface area contributed by atoms with Crippen LogP contribution in [0.5, 0.6) is 0 Å². The van der Waals surface area contributed by atoms with Crippen LogP contribution in [0.2, 0.25) is 0 Å². The summed E-state index contributed by atoms with van der Waals surface area (Å²) in [6.45, 7) is 2.83. The van der Waals surface area contributed by atoms with Crippen LogP contribution in [0.15, 0.2) is 0 Å². The summed E-state index contributed by atoms with van der Waals surface area (Å²) in [5.74, 6) is 1.49. The van der Waals surface area contributed by atoms with Crippen molar-refractivity contribution < 1.29 is 14.7 Å². The van der Waals surface area contributed by atoms with Gasteiger partial charge in [0.25, 0.3) is 0 Å². The number of hydrogen-bond donors (Lipinski definition) is 1. The Kier molecular flexibility index (Phi) is 5.21. The largest absolute Gasteiger partial charge is 0.481 e. The maximum Gasteiger partial charge on any atom is 0.310 e. The minimum atomic E-state index is -0.850. The van der Waals surface area contributed by atoms with Gasteiger partial charge in [-0.1, -0.05) is 25.7 Å². The van der Waals surface area contributed by atoms with E-state index in [0.29, 0.717) is 19.4 Å². The molecule has 0 bridgehead atoms. The molecule has 0 aromatic rings. The first-order chi connectivity index (χ1) is 8.55. The number of rotatable bonds is 6. The van der Waals surface area contributed by atoms with E-state index in [-0.39, 0.29) is 18.9 Å². The highest BCUT2D eigenvalue weighted by molar-refractivity contribution is 5.85. The molecule has 0 saturated heterocycles. The molecule has 18 heavy (non-hydrogen) atoms. The van der Waals surface area contributed by atoms with Crippen molar-refractivity contribution in [2.75, 3.05) is 13.1 Å². The smallest absolute Gasteiger partial charge is 0.310 e. The van der Waals surface area contributed by atoms with Crippen molar-refractivity contribution in [3.63, 3.8) is 0 Å². The second-order valence-electron chi connectivity index (χ2n) is 4.99. The fourth-order valence-corrected chi connectivity index (χ4v) is 2.59. The Labute approximate surface area is 108 Å². The van der Waals surface area contributed by atoms with Gasteiger partial charge >= 0.3 is 5.97 Å². The molecule has 0 aliphatic heterocycles. The summed E-state index contributed by atoms with van der Waals surface area (Å²) in [6.07, 6.45) is 9.14. The maximum atomic E-state index is 12.2. The van der Waals surface area contributed by atoms with Gasteiger partial charge in [0.2, 0.25) is 5.91 Å². The van der Waals surface area contributed by atoms with Gasteiger partial charge in [-0.2, -0.15) is 0 Å². The average molecular weight is 251 g/mol. The molecule has 1 N–H and O–H groups in total. The number of aliphatic carboxylic acids is 1. The zero-order valence-electron chi connectivity index (χ0n) is 10.9. The molecule has 0 spiro atoms. The van der Waals surface area contributed by atoms with E-state index in [4.69, 9.17) is 6.42 Å². The Morgan fingerprint density at radius 1 is 1.39 bits per heavy atom. The zero-order chi connectivity index (χ0) is 13.6. The third kappa shape index (κ3) is 3.25. The highest BCUT2D eigenvalue weighted by atomic mass is 16.4. The van der Waals surface area contributed by atoms with Gasteiger partial charge in [-0.05, 0) is 19.3 Å². The molecular formula is C14H21NO3. The van der Waals surface area contributed by atoms with Crippen molar-refractivity contribution in [2.45, 2.75) is 45.4 Å². The molecule has 100 valence electrons. The van der Waals surface area contributed by atoms with Crippen LogP contribution in [-0.4, -0.2) is 35.0 Å². The third-order valence-electron chi connectivity index (χ3n) is 3.63. The second-order valence-corrected chi connectivity index (χ2v) is 4.99. The number of hydrogen-bond acceptors (Lipinski definition) is 2. The summed E-state index contributed by atoms with van der Waals surface area (Å²) in [6, 6.07) is 0. The van der Waals surface area contributed by atoms with Crippen molar-refractivity contribution in [1.29, 1.82) is 0 Å². The van der Waals surface area contributed by atoms with E-state index < -0.39 is 11.4 Å². The zero-order valence-corrected chi connectivity index (χ0v) is 10.9. The summed E-state index contributed by atoms with van der Waals surface area (Å²) >= 11 is 0. The molecule has 0 heterocycles. The van der Waals surface area contributed by atoms with Crippen molar-refractivity contribution in [3.8, 4) is 12.3 Å². The van der Waals surface area contributed by atoms with Crippen LogP contribution < -0.4 is 0 Å². The van der Waals surface area contributed by atoms with E-state index in [1.54, 1.807) is 4.90 Å². The molecule has 0 aromatic carbocycles. The maximum absolute atomic E-state index is 12.2. The van der Waals surface area contributed by atoms with Gasteiger partial charge in [0, 0.05) is 13.0 Å². The van der Waals surface area contributed by atoms with Crippen molar-refractivity contribution in [3.05, 3.63) is 0 Å². The Balaban J connectivity index is 2.71. The van der Waals surface area contributed by atoms with E-state index >= 15 is 0 Å². The van der Waals surface area contributed by atoms with Crippen molar-refractivity contribution >= 4 is 11.9 Å². The predicted octanol–water partition coefficient (Wildman–Crippen LogP) is 1.89. The van der Waals surface area contributed by atoms with E-state index in [1.165, 1.54) is 0 Å². The molecule has 1 fully saturated rings. The van der Waals surface area contributed by atoms with Crippen LogP contribution in [-0.2, 0) is 9.59 Å². The Morgan fingerprint density at radius 2 is 2.00 bits per heavy atom. The number of amides is 1. The summed E-state index contributed by atoms with van der Waals surface area (Å²) in [5.41, 5.74) is -0.850. The number of carboxylic acid groups (broad SMARTS) is 1. The lowest BCUT2D eigenvalue weighted by atomic mass is 9.82. The number of carbonyl (C=O) groups is 2. The molecule has 1 saturated carbocycles. The molecule has 1 aliphatic carbocycles. The normalized spacial score (nSPS) is 17.1. The minimum Gasteiger partial charge on any atom is -0.481 e. The van der Waals surface area contributed by atoms with Gasteiger partial charge in [-0.3, -0.25) is 9.59 Å². The van der Waals surface area contributed by atoms with E-state index in [2.05, 4.69) is 5.92 Å². The van der Waals surface area contributed by atoms with E-state index in [0.717, 1.165) is 19.3 Å². The lowest BCUT2D eigenvalue weighted by molar-refractivity contribution is -0.153. The minimum absolute atomic E-state index is 0.0873. The molecule has 1 amide bonds. The molecule has 1 rings (SSSR count). The molecule has 0 atom stereocenters. The molecule has 4 nitrogen and oxygen atoms in total. The number of carbonyl (C=O) groups excluding carboxylic acids is 1. The highest BCUT2D eigenvalue weighted by Gasteiger charge is 2.43. The highest BCUT2D eigenvalue weighted by Crippen LogP contribution is 2.41. The lowest BCUT2D eigenvalue weighted by Crippen LogP contribution is -2.39. The van der Waals surface area contributed by atoms with Crippen molar-refractivity contribution in [2.24, 2.45) is 5.41 Å². The number of carboxylic acids is 1. The summed E-state index contributed by atoms with van der Waals surface area (Å²) in [7, 11) is 0. The van der Waals surface area contributed by atoms with Crippen LogP contribution in [0.3, 0.4) is 0 Å². The number of terminal acetylenes is 1. The molecule has 0 unspecified atom stereocenters. The first-order valence-electron chi connectivity index (χ1n) is 6.50. The van der Waals surface area contributed by atoms with Gasteiger partial charge in [-0.15, -0.1) is 6.42 Å². The summed E-state index contributed by atoms with van der Waals surface area (Å²) in [4.78, 5) is 25.1. The fraction of sp³-hybridized carbons (Fsp3) is 0.714. The lowest BCUT2D eigenvalue weighted by Gasteiger charge is -2.27. The Morgan fingerprint density at radius 3 is 2.44 bits per heavy atom. The monoisotopic (exact) mass is 251 g/mol. The molecular weight excluding hydrogens is 230 g/mol. The Bertz CT molecular complexity index is 351. The topological polar surface area (TPSA) is 57.6 Å². The summed E-state index contributed by atoms with van der Waals surface area (Å²) in [5, 5.41) is 9.34.